The number of nitrogens with two attached hydrogens (primary N) is 2. The zero-order valence-electron chi connectivity index (χ0n) is 14.5. The number of rotatable bonds is 11. The predicted octanol–water partition coefficient (Wildman–Crippen LogP) is -4.35. The van der Waals surface area contributed by atoms with Gasteiger partial charge in [0, 0.05) is 20.0 Å². The molecule has 0 aromatic rings. The number of amides is 4. The smallest absolute Gasteiger partial charge is 0.328 e. The van der Waals surface area contributed by atoms with Gasteiger partial charge in [-0.05, 0) is 6.92 Å². The lowest BCUT2D eigenvalue weighted by molar-refractivity contribution is -0.140. The number of hydrogen-bond donors (Lipinski definition) is 8. The Morgan fingerprint density at radius 2 is 1.77 bits per heavy atom. The maximum absolute atomic E-state index is 11.9. The topological polar surface area (TPSA) is 220 Å². The van der Waals surface area contributed by atoms with E-state index in [1.54, 1.807) is 0 Å². The van der Waals surface area contributed by atoms with Gasteiger partial charge in [-0.15, -0.1) is 0 Å². The molecule has 10 N–H and O–H groups in total. The lowest BCUT2D eigenvalue weighted by atomic mass is 10.2. The molecule has 0 saturated carbocycles. The van der Waals surface area contributed by atoms with E-state index in [2.05, 4.69) is 10.7 Å². The molecule has 0 bridgehead atoms. The van der Waals surface area contributed by atoms with Crippen LogP contribution in [0.1, 0.15) is 13.3 Å². The minimum atomic E-state index is -1.52. The second kappa shape index (κ2) is 11.2. The summed E-state index contributed by atoms with van der Waals surface area (Å²) >= 11 is 0. The number of carboxylic acid groups (broad SMARTS) is 1. The highest BCUT2D eigenvalue weighted by molar-refractivity contribution is 5.83. The fourth-order valence-corrected chi connectivity index (χ4v) is 1.74. The second-order valence-electron chi connectivity index (χ2n) is 5.58. The number of aliphatic hydroxyl groups excluding tert-OH is 2. The molecular weight excluding hydrogens is 352 g/mol. The normalized spacial score (nSPS) is 15.3. The van der Waals surface area contributed by atoms with Gasteiger partial charge < -0.3 is 37.4 Å². The van der Waals surface area contributed by atoms with Gasteiger partial charge in [0.05, 0.1) is 18.8 Å². The molecule has 0 aromatic carbocycles. The van der Waals surface area contributed by atoms with Crippen molar-refractivity contribution in [2.75, 3.05) is 20.2 Å². The maximum atomic E-state index is 11.9. The SMILES string of the molecule is CC(O)[C@@H](N)C(=O)N(C)NC[C@@H](CC(N)=O)NC(=O)N[C@H](CO)C(=O)O. The van der Waals surface area contributed by atoms with E-state index in [0.29, 0.717) is 0 Å². The maximum Gasteiger partial charge on any atom is 0.328 e. The first-order chi connectivity index (χ1) is 12.0. The Bertz CT molecular complexity index is 515. The monoisotopic (exact) mass is 378 g/mol. The van der Waals surface area contributed by atoms with E-state index < -0.39 is 54.7 Å². The quantitative estimate of drug-likeness (QED) is 0.162. The molecule has 0 aliphatic carbocycles. The van der Waals surface area contributed by atoms with E-state index in [9.17, 15) is 24.3 Å². The molecule has 0 aliphatic heterocycles. The van der Waals surface area contributed by atoms with Gasteiger partial charge in [0.15, 0.2) is 6.04 Å². The van der Waals surface area contributed by atoms with Crippen LogP contribution in [-0.2, 0) is 14.4 Å². The lowest BCUT2D eigenvalue weighted by Crippen LogP contribution is -2.57. The van der Waals surface area contributed by atoms with E-state index in [-0.39, 0.29) is 13.0 Å². The van der Waals surface area contributed by atoms with Crippen LogP contribution in [0.25, 0.3) is 0 Å². The van der Waals surface area contributed by atoms with Gasteiger partial charge in [0.1, 0.15) is 6.04 Å². The summed E-state index contributed by atoms with van der Waals surface area (Å²) in [5, 5.41) is 32.2. The second-order valence-corrected chi connectivity index (χ2v) is 5.58. The third-order valence-corrected chi connectivity index (χ3v) is 3.28. The van der Waals surface area contributed by atoms with Crippen molar-refractivity contribution in [2.24, 2.45) is 11.5 Å². The van der Waals surface area contributed by atoms with Crippen LogP contribution in [0.2, 0.25) is 0 Å². The van der Waals surface area contributed by atoms with Crippen LogP contribution in [0.15, 0.2) is 0 Å². The van der Waals surface area contributed by atoms with Crippen LogP contribution in [0.4, 0.5) is 4.79 Å². The van der Waals surface area contributed by atoms with Crippen molar-refractivity contribution in [3.8, 4) is 0 Å². The molecule has 0 radical (unpaired) electrons. The van der Waals surface area contributed by atoms with Gasteiger partial charge in [-0.3, -0.25) is 14.6 Å². The van der Waals surface area contributed by atoms with Gasteiger partial charge >= 0.3 is 12.0 Å². The molecule has 0 saturated heterocycles. The molecule has 26 heavy (non-hydrogen) atoms. The zero-order valence-corrected chi connectivity index (χ0v) is 14.5. The Morgan fingerprint density at radius 3 is 2.19 bits per heavy atom. The van der Waals surface area contributed by atoms with Gasteiger partial charge in [-0.1, -0.05) is 0 Å². The van der Waals surface area contributed by atoms with Crippen molar-refractivity contribution in [3.63, 3.8) is 0 Å². The molecule has 13 nitrogen and oxygen atoms in total. The first kappa shape index (κ1) is 23.5. The van der Waals surface area contributed by atoms with Crippen LogP contribution < -0.4 is 27.5 Å². The molecule has 150 valence electrons. The van der Waals surface area contributed by atoms with Crippen LogP contribution >= 0.6 is 0 Å². The molecule has 0 spiro atoms. The average Bonchev–Trinajstić information content (AvgIpc) is 2.54. The largest absolute Gasteiger partial charge is 0.480 e. The average molecular weight is 378 g/mol. The Morgan fingerprint density at radius 1 is 1.19 bits per heavy atom. The third-order valence-electron chi connectivity index (χ3n) is 3.28. The number of aliphatic hydroxyl groups is 2. The number of aliphatic carboxylic acids is 1. The Hall–Kier alpha value is -2.48. The van der Waals surface area contributed by atoms with E-state index in [1.807, 2.05) is 5.32 Å². The van der Waals surface area contributed by atoms with E-state index in [0.717, 1.165) is 5.01 Å². The number of hydrazine groups is 1. The number of carboxylic acids is 1. The highest BCUT2D eigenvalue weighted by Crippen LogP contribution is 1.96. The molecular formula is C13H26N6O7. The fourth-order valence-electron chi connectivity index (χ4n) is 1.74. The van der Waals surface area contributed by atoms with Gasteiger partial charge in [0.2, 0.25) is 5.91 Å². The third kappa shape index (κ3) is 8.57. The van der Waals surface area contributed by atoms with Gasteiger partial charge in [-0.25, -0.2) is 15.0 Å². The summed E-state index contributed by atoms with van der Waals surface area (Å²) in [7, 11) is 1.33. The molecule has 0 rings (SSSR count). The number of nitrogens with one attached hydrogen (secondary N) is 3. The first-order valence-electron chi connectivity index (χ1n) is 7.63. The van der Waals surface area contributed by atoms with Gasteiger partial charge in [-0.2, -0.15) is 0 Å². The van der Waals surface area contributed by atoms with Crippen molar-refractivity contribution in [1.82, 2.24) is 21.1 Å². The Labute approximate surface area is 149 Å². The summed E-state index contributed by atoms with van der Waals surface area (Å²) in [5.41, 5.74) is 13.2. The van der Waals surface area contributed by atoms with Gasteiger partial charge in [0.25, 0.3) is 5.91 Å². The predicted molar refractivity (Wildman–Crippen MR) is 88.2 cm³/mol. The molecule has 0 fully saturated rings. The fraction of sp³-hybridized carbons (Fsp3) is 0.692. The van der Waals surface area contributed by atoms with Crippen molar-refractivity contribution >= 4 is 23.8 Å². The number of carbonyl (C=O) groups excluding carboxylic acids is 3. The number of urea groups is 1. The number of nitrogens with zero attached hydrogens (tertiary/aromatic N) is 1. The van der Waals surface area contributed by atoms with Crippen molar-refractivity contribution in [1.29, 1.82) is 0 Å². The summed E-state index contributed by atoms with van der Waals surface area (Å²) in [6, 6.07) is -4.53. The van der Waals surface area contributed by atoms with Crippen LogP contribution in [0.3, 0.4) is 0 Å². The highest BCUT2D eigenvalue weighted by atomic mass is 16.4. The summed E-state index contributed by atoms with van der Waals surface area (Å²) in [6.07, 6.45) is -1.38. The molecule has 0 heterocycles. The van der Waals surface area contributed by atoms with E-state index in [1.165, 1.54) is 14.0 Å². The summed E-state index contributed by atoms with van der Waals surface area (Å²) in [6.45, 7) is 0.399. The van der Waals surface area contributed by atoms with E-state index in [4.69, 9.17) is 21.7 Å². The minimum absolute atomic E-state index is 0.123. The molecule has 4 amide bonds. The van der Waals surface area contributed by atoms with E-state index >= 15 is 0 Å². The molecule has 0 aliphatic rings. The van der Waals surface area contributed by atoms with Crippen molar-refractivity contribution in [2.45, 2.75) is 37.6 Å². The molecule has 1 unspecified atom stereocenters. The number of hydrogen-bond acceptors (Lipinski definition) is 8. The first-order valence-corrected chi connectivity index (χ1v) is 7.63. The van der Waals surface area contributed by atoms with Crippen LogP contribution in [0.5, 0.6) is 0 Å². The lowest BCUT2D eigenvalue weighted by Gasteiger charge is -2.26. The summed E-state index contributed by atoms with van der Waals surface area (Å²) < 4.78 is 0. The van der Waals surface area contributed by atoms with Crippen molar-refractivity contribution < 1.29 is 34.5 Å². The molecule has 13 heteroatoms. The summed E-state index contributed by atoms with van der Waals surface area (Å²) in [5.74, 6) is -2.82. The standard InChI is InChI=1S/C13H26N6O7/c1-6(21)10(15)11(23)19(2)16-4-7(3-9(14)22)17-13(26)18-8(5-20)12(24)25/h6-8,10,16,20-21H,3-5,15H2,1-2H3,(H2,14,22)(H,24,25)(H2,17,18,26)/t6?,7-,8-,10-/m1/s1. The minimum Gasteiger partial charge on any atom is -0.480 e. The highest BCUT2D eigenvalue weighted by Gasteiger charge is 2.24. The summed E-state index contributed by atoms with van der Waals surface area (Å²) in [4.78, 5) is 45.6. The number of primary amides is 1. The Kier molecular flexibility index (Phi) is 10.1. The number of carbonyl (C=O) groups is 4. The van der Waals surface area contributed by atoms with Crippen molar-refractivity contribution in [3.05, 3.63) is 0 Å². The zero-order chi connectivity index (χ0) is 20.4. The molecule has 4 atom stereocenters. The van der Waals surface area contributed by atoms with Crippen LogP contribution in [-0.4, -0.2) is 88.6 Å². The number of likely N-dealkylation sites (N-methyl/N-ethyl adjacent to an activating group) is 1. The Balaban J connectivity index is 4.75. The molecule has 0 aromatic heterocycles. The van der Waals surface area contributed by atoms with Crippen LogP contribution in [0, 0.1) is 0 Å².